The van der Waals surface area contributed by atoms with Gasteiger partial charge < -0.3 is 4.74 Å². The number of rotatable bonds is 3. The average Bonchev–Trinajstić information content (AvgIpc) is 2.76. The maximum atomic E-state index is 12.2. The van der Waals surface area contributed by atoms with Crippen molar-refractivity contribution in [2.24, 2.45) is 0 Å². The first-order chi connectivity index (χ1) is 9.04. The number of hydrogen-bond donors (Lipinski definition) is 1. The molecule has 0 radical (unpaired) electrons. The van der Waals surface area contributed by atoms with Gasteiger partial charge in [-0.1, -0.05) is 0 Å². The van der Waals surface area contributed by atoms with Gasteiger partial charge in [0.15, 0.2) is 5.65 Å². The van der Waals surface area contributed by atoms with E-state index < -0.39 is 5.97 Å². The lowest BCUT2D eigenvalue weighted by molar-refractivity contribution is -0.140. The number of fused-ring (bicyclic) bond motifs is 1. The van der Waals surface area contributed by atoms with Crippen molar-refractivity contribution in [2.45, 2.75) is 20.3 Å². The molecule has 0 bridgehead atoms. The minimum Gasteiger partial charge on any atom is -0.466 e. The van der Waals surface area contributed by atoms with Crippen LogP contribution in [0.5, 0.6) is 0 Å². The van der Waals surface area contributed by atoms with Crippen LogP contribution >= 0.6 is 0 Å². The highest BCUT2D eigenvalue weighted by molar-refractivity contribution is 5.65. The second-order valence-electron chi connectivity index (χ2n) is 4.03. The van der Waals surface area contributed by atoms with Crippen molar-refractivity contribution >= 4 is 11.6 Å². The lowest BCUT2D eigenvalue weighted by Crippen LogP contribution is -2.23. The van der Waals surface area contributed by atoms with E-state index in [1.807, 2.05) is 6.07 Å². The van der Waals surface area contributed by atoms with Crippen molar-refractivity contribution in [3.05, 3.63) is 33.4 Å². The number of nitriles is 1. The van der Waals surface area contributed by atoms with Crippen LogP contribution in [-0.2, 0) is 16.0 Å². The normalized spacial score (nSPS) is 10.4. The van der Waals surface area contributed by atoms with E-state index in [1.54, 1.807) is 6.92 Å². The molecule has 0 saturated heterocycles. The monoisotopic (exact) mass is 260 g/mol. The van der Waals surface area contributed by atoms with E-state index >= 15 is 0 Å². The van der Waals surface area contributed by atoms with Crippen LogP contribution in [-0.4, -0.2) is 27.2 Å². The third-order valence-electron chi connectivity index (χ3n) is 2.74. The van der Waals surface area contributed by atoms with Gasteiger partial charge in [-0.25, -0.2) is 9.50 Å². The molecule has 0 unspecified atom stereocenters. The zero-order valence-corrected chi connectivity index (χ0v) is 10.6. The smallest absolute Gasteiger partial charge is 0.302 e. The van der Waals surface area contributed by atoms with Gasteiger partial charge in [-0.15, -0.1) is 0 Å². The molecule has 2 aromatic rings. The summed E-state index contributed by atoms with van der Waals surface area (Å²) < 4.78 is 6.03. The summed E-state index contributed by atoms with van der Waals surface area (Å²) in [5.41, 5.74) is 1.34. The molecule has 2 rings (SSSR count). The molecule has 0 aliphatic heterocycles. The van der Waals surface area contributed by atoms with Gasteiger partial charge in [-0.2, -0.15) is 5.26 Å². The molecular formula is C12H12N4O3. The van der Waals surface area contributed by atoms with Crippen LogP contribution in [0.25, 0.3) is 5.65 Å². The van der Waals surface area contributed by atoms with E-state index in [2.05, 4.69) is 10.1 Å². The molecule has 0 aromatic carbocycles. The molecule has 2 aromatic heterocycles. The molecule has 1 N–H and O–H groups in total. The molecule has 0 fully saturated rings. The van der Waals surface area contributed by atoms with Crippen LogP contribution in [0, 0.1) is 18.3 Å². The maximum absolute atomic E-state index is 12.2. The van der Waals surface area contributed by atoms with E-state index in [1.165, 1.54) is 17.6 Å². The van der Waals surface area contributed by atoms with Gasteiger partial charge in [0.05, 0.1) is 6.61 Å². The van der Waals surface area contributed by atoms with Crippen LogP contribution < -0.4 is 5.56 Å². The van der Waals surface area contributed by atoms with Gasteiger partial charge in [0.1, 0.15) is 11.6 Å². The Kier molecular flexibility index (Phi) is 3.33. The molecule has 0 saturated carbocycles. The highest BCUT2D eigenvalue weighted by Gasteiger charge is 2.13. The first-order valence-corrected chi connectivity index (χ1v) is 5.67. The highest BCUT2D eigenvalue weighted by Crippen LogP contribution is 2.08. The van der Waals surface area contributed by atoms with E-state index in [-0.39, 0.29) is 12.2 Å². The van der Waals surface area contributed by atoms with Crippen LogP contribution in [0.4, 0.5) is 0 Å². The fraction of sp³-hybridized carbons (Fsp3) is 0.333. The number of carbonyl (C=O) groups excluding carboxylic acids is 1. The third-order valence-corrected chi connectivity index (χ3v) is 2.74. The van der Waals surface area contributed by atoms with E-state index in [9.17, 15) is 9.59 Å². The van der Waals surface area contributed by atoms with Crippen LogP contribution in [0.1, 0.15) is 23.7 Å². The average molecular weight is 260 g/mol. The van der Waals surface area contributed by atoms with Gasteiger partial charge in [-0.3, -0.25) is 14.7 Å². The van der Waals surface area contributed by atoms with Crippen LogP contribution in [0.2, 0.25) is 0 Å². The van der Waals surface area contributed by atoms with E-state index in [4.69, 9.17) is 10.00 Å². The number of H-pyrrole nitrogens is 1. The topological polar surface area (TPSA) is 100 Å². The second kappa shape index (κ2) is 4.94. The quantitative estimate of drug-likeness (QED) is 0.800. The molecule has 19 heavy (non-hydrogen) atoms. The number of carbonyl (C=O) groups is 1. The van der Waals surface area contributed by atoms with Gasteiger partial charge in [0, 0.05) is 30.8 Å². The summed E-state index contributed by atoms with van der Waals surface area (Å²) >= 11 is 0. The molecule has 0 amide bonds. The number of aromatic amines is 1. The fourth-order valence-electron chi connectivity index (χ4n) is 1.82. The summed E-state index contributed by atoms with van der Waals surface area (Å²) in [6, 6.07) is 1.96. The van der Waals surface area contributed by atoms with Crippen LogP contribution in [0.15, 0.2) is 11.0 Å². The standard InChI is InChI=1S/C12H12N4O3/c1-7-10(3-4-19-8(2)17)12(18)16-11(15-7)9(5-13)6-14-16/h6,14H,3-4H2,1-2H3. The van der Waals surface area contributed by atoms with Gasteiger partial charge in [0.25, 0.3) is 5.56 Å². The summed E-state index contributed by atoms with van der Waals surface area (Å²) in [6.45, 7) is 3.13. The third kappa shape index (κ3) is 2.33. The first kappa shape index (κ1) is 12.8. The lowest BCUT2D eigenvalue weighted by atomic mass is 10.2. The summed E-state index contributed by atoms with van der Waals surface area (Å²) in [7, 11) is 0. The lowest BCUT2D eigenvalue weighted by Gasteiger charge is -2.05. The number of aryl methyl sites for hydroxylation is 1. The van der Waals surface area contributed by atoms with Gasteiger partial charge >= 0.3 is 5.97 Å². The molecule has 7 nitrogen and oxygen atoms in total. The zero-order chi connectivity index (χ0) is 14.0. The number of esters is 1. The molecule has 0 spiro atoms. The number of aromatic nitrogens is 3. The Balaban J connectivity index is 2.43. The molecular weight excluding hydrogens is 248 g/mol. The van der Waals surface area contributed by atoms with Crippen LogP contribution in [0.3, 0.4) is 0 Å². The number of nitrogens with zero attached hydrogens (tertiary/aromatic N) is 3. The largest absolute Gasteiger partial charge is 0.466 e. The Morgan fingerprint density at radius 3 is 3.00 bits per heavy atom. The first-order valence-electron chi connectivity index (χ1n) is 5.67. The summed E-state index contributed by atoms with van der Waals surface area (Å²) in [4.78, 5) is 27.1. The molecule has 0 aliphatic carbocycles. The summed E-state index contributed by atoms with van der Waals surface area (Å²) in [5.74, 6) is -0.390. The van der Waals surface area contributed by atoms with Crippen molar-refractivity contribution in [3.8, 4) is 6.07 Å². The van der Waals surface area contributed by atoms with E-state index in [0.29, 0.717) is 28.9 Å². The van der Waals surface area contributed by atoms with Crippen molar-refractivity contribution < 1.29 is 9.53 Å². The Morgan fingerprint density at radius 1 is 1.63 bits per heavy atom. The predicted molar refractivity (Wildman–Crippen MR) is 65.6 cm³/mol. The SMILES string of the molecule is CC(=O)OCCc1c(C)nc2c(C#N)c[nH]n2c1=O. The Labute approximate surface area is 108 Å². The highest BCUT2D eigenvalue weighted by atomic mass is 16.5. The minimum absolute atomic E-state index is 0.130. The number of ether oxygens (including phenoxy) is 1. The Hall–Kier alpha value is -2.62. The van der Waals surface area contributed by atoms with Gasteiger partial charge in [0.2, 0.25) is 0 Å². The molecule has 98 valence electrons. The fourth-order valence-corrected chi connectivity index (χ4v) is 1.82. The summed E-state index contributed by atoms with van der Waals surface area (Å²) in [5, 5.41) is 11.6. The zero-order valence-electron chi connectivity index (χ0n) is 10.6. The Bertz CT molecular complexity index is 736. The molecule has 2 heterocycles. The Morgan fingerprint density at radius 2 is 2.37 bits per heavy atom. The number of nitrogens with one attached hydrogen (secondary N) is 1. The predicted octanol–water partition coefficient (Wildman–Crippen LogP) is 0.308. The minimum atomic E-state index is -0.390. The van der Waals surface area contributed by atoms with Crippen molar-refractivity contribution in [1.82, 2.24) is 14.6 Å². The number of hydrogen-bond acceptors (Lipinski definition) is 5. The molecule has 0 atom stereocenters. The van der Waals surface area contributed by atoms with Crippen molar-refractivity contribution in [1.29, 1.82) is 5.26 Å². The maximum Gasteiger partial charge on any atom is 0.302 e. The van der Waals surface area contributed by atoms with Crippen molar-refractivity contribution in [2.75, 3.05) is 6.61 Å². The van der Waals surface area contributed by atoms with E-state index in [0.717, 1.165) is 0 Å². The molecule has 0 aliphatic rings. The van der Waals surface area contributed by atoms with Gasteiger partial charge in [-0.05, 0) is 6.92 Å². The summed E-state index contributed by atoms with van der Waals surface area (Å²) in [6.07, 6.45) is 1.72. The second-order valence-corrected chi connectivity index (χ2v) is 4.03. The van der Waals surface area contributed by atoms with Crippen molar-refractivity contribution in [3.63, 3.8) is 0 Å². The molecule has 7 heteroatoms.